The molecule has 23 heavy (non-hydrogen) atoms. The first-order valence-corrected chi connectivity index (χ1v) is 7.34. The fraction of sp³-hybridized carbons (Fsp3) is 0.250. The lowest BCUT2D eigenvalue weighted by atomic mass is 10.1. The van der Waals surface area contributed by atoms with Crippen molar-refractivity contribution in [2.75, 3.05) is 5.01 Å². The number of rotatable bonds is 4. The molecule has 0 fully saturated rings. The third-order valence-corrected chi connectivity index (χ3v) is 3.02. The molecule has 0 aliphatic carbocycles. The molecule has 2 rings (SSSR count). The summed E-state index contributed by atoms with van der Waals surface area (Å²) in [6.07, 6.45) is 1.78. The van der Waals surface area contributed by atoms with Crippen LogP contribution in [0.4, 0.5) is 5.69 Å². The second kappa shape index (κ2) is 8.60. The molecule has 0 unspecified atom stereocenters. The molecule has 7 heteroatoms. The van der Waals surface area contributed by atoms with E-state index in [9.17, 15) is 9.59 Å². The first-order valence-electron chi connectivity index (χ1n) is 7.34. The zero-order chi connectivity index (χ0) is 17.4. The maximum atomic E-state index is 11.5. The second-order valence-corrected chi connectivity index (χ2v) is 4.64. The number of aromatic nitrogens is 2. The van der Waals surface area contributed by atoms with Crippen molar-refractivity contribution in [2.45, 2.75) is 27.2 Å². The number of hydrogen-bond donors (Lipinski definition) is 4. The third-order valence-electron chi connectivity index (χ3n) is 3.02. The molecule has 0 aliphatic rings. The number of nitrogens with zero attached hydrogens (tertiary/aromatic N) is 1. The Morgan fingerprint density at radius 2 is 1.78 bits per heavy atom. The molecule has 0 radical (unpaired) electrons. The lowest BCUT2D eigenvalue weighted by molar-refractivity contribution is 0.902. The number of nitrogens with one attached hydrogen (secondary N) is 2. The molecule has 0 atom stereocenters. The summed E-state index contributed by atoms with van der Waals surface area (Å²) in [5.74, 6) is 5.88. The van der Waals surface area contributed by atoms with Crippen LogP contribution in [-0.4, -0.2) is 9.97 Å². The number of hydrazine groups is 1. The first-order chi connectivity index (χ1) is 11.0. The number of benzene rings is 1. The van der Waals surface area contributed by atoms with Gasteiger partial charge in [0.05, 0.1) is 5.69 Å². The van der Waals surface area contributed by atoms with E-state index in [1.54, 1.807) is 13.1 Å². The topological polar surface area (TPSA) is 121 Å². The summed E-state index contributed by atoms with van der Waals surface area (Å²) in [6, 6.07) is 9.28. The molecule has 2 aromatic rings. The summed E-state index contributed by atoms with van der Waals surface area (Å²) in [6.45, 7) is 5.62. The van der Waals surface area contributed by atoms with Crippen molar-refractivity contribution in [3.8, 4) is 0 Å². The molecule has 1 heterocycles. The number of nitrogens with two attached hydrogens (primary N) is 2. The molecule has 6 N–H and O–H groups in total. The largest absolute Gasteiger partial charge is 0.400 e. The minimum Gasteiger partial charge on any atom is -0.400 e. The van der Waals surface area contributed by atoms with Crippen LogP contribution < -0.4 is 27.8 Å². The van der Waals surface area contributed by atoms with Gasteiger partial charge in [0, 0.05) is 29.6 Å². The summed E-state index contributed by atoms with van der Waals surface area (Å²) in [4.78, 5) is 27.5. The molecule has 0 saturated carbocycles. The van der Waals surface area contributed by atoms with Gasteiger partial charge >= 0.3 is 5.69 Å². The van der Waals surface area contributed by atoms with Gasteiger partial charge in [-0.15, -0.1) is 0 Å². The second-order valence-electron chi connectivity index (χ2n) is 4.64. The number of allylic oxidation sites excluding steroid dienone is 1. The fourth-order valence-electron chi connectivity index (χ4n) is 1.88. The molecule has 0 aliphatic heterocycles. The molecule has 1 aromatic carbocycles. The Morgan fingerprint density at radius 1 is 1.17 bits per heavy atom. The average Bonchev–Trinajstić information content (AvgIpc) is 2.54. The fourth-order valence-corrected chi connectivity index (χ4v) is 1.88. The predicted molar refractivity (Wildman–Crippen MR) is 92.9 cm³/mol. The Morgan fingerprint density at radius 3 is 2.39 bits per heavy atom. The van der Waals surface area contributed by atoms with Gasteiger partial charge in [-0.2, -0.15) is 0 Å². The van der Waals surface area contributed by atoms with E-state index in [1.807, 2.05) is 44.2 Å². The highest BCUT2D eigenvalue weighted by molar-refractivity contribution is 5.47. The van der Waals surface area contributed by atoms with Crippen molar-refractivity contribution in [1.82, 2.24) is 9.97 Å². The summed E-state index contributed by atoms with van der Waals surface area (Å²) in [5, 5.41) is 1.38. The SMILES string of the molecule is CC.Cc1c(C/C(N)=C/N(N)c2ccccc2)[nH]c(=O)[nH]c1=O. The van der Waals surface area contributed by atoms with Crippen LogP contribution >= 0.6 is 0 Å². The van der Waals surface area contributed by atoms with Gasteiger partial charge in [-0.1, -0.05) is 32.0 Å². The normalized spacial score (nSPS) is 10.7. The van der Waals surface area contributed by atoms with Crippen LogP contribution in [0.3, 0.4) is 0 Å². The van der Waals surface area contributed by atoms with Crippen LogP contribution in [-0.2, 0) is 6.42 Å². The van der Waals surface area contributed by atoms with Gasteiger partial charge in [0.15, 0.2) is 0 Å². The Kier molecular flexibility index (Phi) is 6.82. The van der Waals surface area contributed by atoms with Crippen molar-refractivity contribution < 1.29 is 0 Å². The lowest BCUT2D eigenvalue weighted by Crippen LogP contribution is -2.29. The van der Waals surface area contributed by atoms with Gasteiger partial charge in [0.25, 0.3) is 5.56 Å². The number of hydrogen-bond acceptors (Lipinski definition) is 5. The van der Waals surface area contributed by atoms with Crippen LogP contribution in [0.1, 0.15) is 25.1 Å². The number of H-pyrrole nitrogens is 2. The molecule has 124 valence electrons. The molecule has 0 bridgehead atoms. The first kappa shape index (κ1) is 18.2. The smallest absolute Gasteiger partial charge is 0.325 e. The summed E-state index contributed by atoms with van der Waals surface area (Å²) in [7, 11) is 0. The van der Waals surface area contributed by atoms with E-state index >= 15 is 0 Å². The van der Waals surface area contributed by atoms with Gasteiger partial charge in [-0.25, -0.2) is 10.6 Å². The van der Waals surface area contributed by atoms with E-state index in [-0.39, 0.29) is 6.42 Å². The molecule has 0 spiro atoms. The highest BCUT2D eigenvalue weighted by atomic mass is 16.2. The quantitative estimate of drug-likeness (QED) is 0.497. The van der Waals surface area contributed by atoms with E-state index in [0.717, 1.165) is 5.69 Å². The Balaban J connectivity index is 0.00000127. The average molecular weight is 317 g/mol. The summed E-state index contributed by atoms with van der Waals surface area (Å²) in [5.41, 5.74) is 7.03. The maximum absolute atomic E-state index is 11.5. The molecular formula is C16H23N5O2. The molecular weight excluding hydrogens is 294 g/mol. The molecule has 7 nitrogen and oxygen atoms in total. The van der Waals surface area contributed by atoms with Crippen LogP contribution in [0.2, 0.25) is 0 Å². The van der Waals surface area contributed by atoms with Crippen molar-refractivity contribution in [2.24, 2.45) is 11.6 Å². The zero-order valence-corrected chi connectivity index (χ0v) is 13.6. The Labute approximate surface area is 134 Å². The highest BCUT2D eigenvalue weighted by Gasteiger charge is 2.06. The van der Waals surface area contributed by atoms with Gasteiger partial charge in [0.2, 0.25) is 0 Å². The van der Waals surface area contributed by atoms with E-state index in [2.05, 4.69) is 9.97 Å². The van der Waals surface area contributed by atoms with Gasteiger partial charge in [-0.3, -0.25) is 14.8 Å². The van der Waals surface area contributed by atoms with Crippen LogP contribution in [0, 0.1) is 6.92 Å². The van der Waals surface area contributed by atoms with Gasteiger partial charge in [0.1, 0.15) is 0 Å². The Bertz CT molecular complexity index is 762. The predicted octanol–water partition coefficient (Wildman–Crippen LogP) is 1.12. The van der Waals surface area contributed by atoms with Gasteiger partial charge < -0.3 is 10.7 Å². The highest BCUT2D eigenvalue weighted by Crippen LogP contribution is 2.11. The number of anilines is 1. The van der Waals surface area contributed by atoms with Crippen LogP contribution in [0.15, 0.2) is 51.8 Å². The van der Waals surface area contributed by atoms with E-state index < -0.39 is 11.2 Å². The summed E-state index contributed by atoms with van der Waals surface area (Å²) < 4.78 is 0. The monoisotopic (exact) mass is 317 g/mol. The number of aromatic amines is 2. The molecule has 1 aromatic heterocycles. The van der Waals surface area contributed by atoms with E-state index in [1.165, 1.54) is 5.01 Å². The van der Waals surface area contributed by atoms with Crippen LogP contribution in [0.5, 0.6) is 0 Å². The minimum absolute atomic E-state index is 0.228. The summed E-state index contributed by atoms with van der Waals surface area (Å²) >= 11 is 0. The van der Waals surface area contributed by atoms with E-state index in [4.69, 9.17) is 11.6 Å². The zero-order valence-electron chi connectivity index (χ0n) is 13.6. The number of para-hydroxylation sites is 1. The van der Waals surface area contributed by atoms with Gasteiger partial charge in [-0.05, 0) is 19.1 Å². The molecule has 0 amide bonds. The van der Waals surface area contributed by atoms with Crippen molar-refractivity contribution in [3.05, 3.63) is 74.3 Å². The van der Waals surface area contributed by atoms with Crippen molar-refractivity contribution in [3.63, 3.8) is 0 Å². The third kappa shape index (κ3) is 5.15. The molecule has 0 saturated heterocycles. The van der Waals surface area contributed by atoms with Crippen molar-refractivity contribution >= 4 is 5.69 Å². The standard InChI is InChI=1S/C14H17N5O2.C2H6/c1-9-12(17-14(21)18-13(9)20)7-10(15)8-19(16)11-5-3-2-4-6-11;1-2/h2-6,8H,7,15-16H2,1H3,(H2,17,18,20,21);1-2H3/b10-8-;. The lowest BCUT2D eigenvalue weighted by Gasteiger charge is -2.15. The Hall–Kier alpha value is -2.80. The maximum Gasteiger partial charge on any atom is 0.325 e. The minimum atomic E-state index is -0.555. The van der Waals surface area contributed by atoms with E-state index in [0.29, 0.717) is 17.0 Å². The van der Waals surface area contributed by atoms with Crippen LogP contribution in [0.25, 0.3) is 0 Å². The van der Waals surface area contributed by atoms with Crippen molar-refractivity contribution in [1.29, 1.82) is 0 Å².